The zero-order chi connectivity index (χ0) is 16.3. The van der Waals surface area contributed by atoms with Crippen LogP contribution in [0.4, 0.5) is 13.2 Å². The summed E-state index contributed by atoms with van der Waals surface area (Å²) in [7, 11) is 0. The average molecular weight is 329 g/mol. The topological polar surface area (TPSA) is 71.1 Å². The first-order chi connectivity index (χ1) is 10.3. The Bertz CT molecular complexity index is 699. The van der Waals surface area contributed by atoms with Crippen molar-refractivity contribution >= 4 is 23.2 Å². The van der Waals surface area contributed by atoms with E-state index < -0.39 is 23.7 Å². The SMILES string of the molecule is Cc1cc(C(=O)NNC(=O)c2cccs2)cc(C(F)(F)F)n1. The molecule has 0 saturated heterocycles. The number of aromatic nitrogens is 1. The maximum Gasteiger partial charge on any atom is 0.433 e. The van der Waals surface area contributed by atoms with Gasteiger partial charge in [0.1, 0.15) is 5.69 Å². The third-order valence-corrected chi connectivity index (χ3v) is 3.41. The Morgan fingerprint density at radius 3 is 2.45 bits per heavy atom. The number of pyridine rings is 1. The fraction of sp³-hybridized carbons (Fsp3) is 0.154. The van der Waals surface area contributed by atoms with E-state index in [1.54, 1.807) is 17.5 Å². The Morgan fingerprint density at radius 2 is 1.86 bits per heavy atom. The van der Waals surface area contributed by atoms with Crippen LogP contribution in [-0.2, 0) is 6.18 Å². The van der Waals surface area contributed by atoms with Crippen LogP contribution in [0.1, 0.15) is 31.4 Å². The van der Waals surface area contributed by atoms with Crippen molar-refractivity contribution in [1.29, 1.82) is 0 Å². The van der Waals surface area contributed by atoms with Crippen molar-refractivity contribution < 1.29 is 22.8 Å². The van der Waals surface area contributed by atoms with Crippen LogP contribution in [0.25, 0.3) is 0 Å². The fourth-order valence-electron chi connectivity index (χ4n) is 1.60. The molecule has 2 N–H and O–H groups in total. The van der Waals surface area contributed by atoms with Gasteiger partial charge in [0.2, 0.25) is 0 Å². The second-order valence-electron chi connectivity index (χ2n) is 4.27. The molecule has 0 bridgehead atoms. The number of nitrogens with zero attached hydrogens (tertiary/aromatic N) is 1. The lowest BCUT2D eigenvalue weighted by Crippen LogP contribution is -2.41. The van der Waals surface area contributed by atoms with Gasteiger partial charge in [-0.3, -0.25) is 20.4 Å². The van der Waals surface area contributed by atoms with Gasteiger partial charge in [-0.25, -0.2) is 4.98 Å². The summed E-state index contributed by atoms with van der Waals surface area (Å²) in [4.78, 5) is 27.2. The number of carbonyl (C=O) groups excluding carboxylic acids is 2. The maximum atomic E-state index is 12.6. The molecule has 0 fully saturated rings. The molecule has 9 heteroatoms. The predicted molar refractivity (Wildman–Crippen MR) is 73.2 cm³/mol. The van der Waals surface area contributed by atoms with E-state index in [4.69, 9.17) is 0 Å². The first-order valence-corrected chi connectivity index (χ1v) is 6.85. The summed E-state index contributed by atoms with van der Waals surface area (Å²) >= 11 is 1.16. The Labute approximate surface area is 127 Å². The van der Waals surface area contributed by atoms with Gasteiger partial charge in [0.05, 0.1) is 4.88 Å². The van der Waals surface area contributed by atoms with Crippen LogP contribution in [0.5, 0.6) is 0 Å². The van der Waals surface area contributed by atoms with Crippen LogP contribution in [0, 0.1) is 6.92 Å². The fourth-order valence-corrected chi connectivity index (χ4v) is 2.22. The number of halogens is 3. The standard InChI is InChI=1S/C13H10F3N3O2S/c1-7-5-8(6-10(17-7)13(14,15)16)11(20)18-19-12(21)9-3-2-4-22-9/h2-6H,1H3,(H,18,20)(H,19,21). The number of hydrogen-bond donors (Lipinski definition) is 2. The molecule has 0 aliphatic rings. The van der Waals surface area contributed by atoms with Crippen LogP contribution in [0.15, 0.2) is 29.6 Å². The van der Waals surface area contributed by atoms with E-state index in [-0.39, 0.29) is 11.3 Å². The molecule has 0 atom stereocenters. The number of hydrogen-bond acceptors (Lipinski definition) is 4. The summed E-state index contributed by atoms with van der Waals surface area (Å²) < 4.78 is 37.9. The molecule has 0 saturated carbocycles. The van der Waals surface area contributed by atoms with Crippen molar-refractivity contribution in [3.8, 4) is 0 Å². The Kier molecular flexibility index (Phi) is 4.45. The van der Waals surface area contributed by atoms with Gasteiger partial charge in [-0.05, 0) is 30.5 Å². The van der Waals surface area contributed by atoms with Crippen molar-refractivity contribution in [2.24, 2.45) is 0 Å². The first-order valence-electron chi connectivity index (χ1n) is 5.97. The molecule has 2 aromatic heterocycles. The van der Waals surface area contributed by atoms with Crippen LogP contribution in [-0.4, -0.2) is 16.8 Å². The number of carbonyl (C=O) groups is 2. The second-order valence-corrected chi connectivity index (χ2v) is 5.21. The van der Waals surface area contributed by atoms with E-state index >= 15 is 0 Å². The molecule has 5 nitrogen and oxygen atoms in total. The molecule has 2 rings (SSSR count). The van der Waals surface area contributed by atoms with Crippen molar-refractivity contribution in [2.45, 2.75) is 13.1 Å². The quantitative estimate of drug-likeness (QED) is 0.832. The Morgan fingerprint density at radius 1 is 1.18 bits per heavy atom. The molecule has 0 aromatic carbocycles. The highest BCUT2D eigenvalue weighted by Crippen LogP contribution is 2.28. The highest BCUT2D eigenvalue weighted by atomic mass is 32.1. The number of nitrogens with one attached hydrogen (secondary N) is 2. The maximum absolute atomic E-state index is 12.6. The lowest BCUT2D eigenvalue weighted by Gasteiger charge is -2.10. The predicted octanol–water partition coefficient (Wildman–Crippen LogP) is 2.55. The molecule has 2 aromatic rings. The summed E-state index contributed by atoms with van der Waals surface area (Å²) in [5, 5.41) is 1.68. The molecule has 2 heterocycles. The smallest absolute Gasteiger partial charge is 0.267 e. The molecule has 0 radical (unpaired) electrons. The molecule has 0 unspecified atom stereocenters. The van der Waals surface area contributed by atoms with Gasteiger partial charge in [-0.15, -0.1) is 11.3 Å². The van der Waals surface area contributed by atoms with Crippen LogP contribution < -0.4 is 10.9 Å². The summed E-state index contributed by atoms with van der Waals surface area (Å²) in [5.41, 5.74) is 2.83. The number of amides is 2. The Balaban J connectivity index is 2.10. The van der Waals surface area contributed by atoms with Gasteiger partial charge in [-0.2, -0.15) is 13.2 Å². The van der Waals surface area contributed by atoms with Gasteiger partial charge in [0, 0.05) is 11.3 Å². The van der Waals surface area contributed by atoms with E-state index in [9.17, 15) is 22.8 Å². The molecular weight excluding hydrogens is 319 g/mol. The third kappa shape index (κ3) is 3.82. The first kappa shape index (κ1) is 16.0. The summed E-state index contributed by atoms with van der Waals surface area (Å²) in [6.07, 6.45) is -4.65. The molecule has 0 aliphatic heterocycles. The second kappa shape index (κ2) is 6.14. The van der Waals surface area contributed by atoms with Crippen LogP contribution >= 0.6 is 11.3 Å². The van der Waals surface area contributed by atoms with Gasteiger partial charge in [-0.1, -0.05) is 6.07 Å². The number of aryl methyl sites for hydroxylation is 1. The van der Waals surface area contributed by atoms with Crippen molar-refractivity contribution in [2.75, 3.05) is 0 Å². The average Bonchev–Trinajstić information content (AvgIpc) is 2.97. The van der Waals surface area contributed by atoms with E-state index in [1.165, 1.54) is 13.0 Å². The minimum absolute atomic E-state index is 0.0459. The van der Waals surface area contributed by atoms with Crippen LogP contribution in [0.3, 0.4) is 0 Å². The normalized spacial score (nSPS) is 11.1. The molecule has 0 spiro atoms. The zero-order valence-electron chi connectivity index (χ0n) is 11.2. The Hall–Kier alpha value is -2.42. The minimum atomic E-state index is -4.65. The number of alkyl halides is 3. The largest absolute Gasteiger partial charge is 0.433 e. The minimum Gasteiger partial charge on any atom is -0.267 e. The number of rotatable bonds is 2. The highest BCUT2D eigenvalue weighted by Gasteiger charge is 2.33. The van der Waals surface area contributed by atoms with Gasteiger partial charge in [0.15, 0.2) is 0 Å². The number of thiophene rings is 1. The lowest BCUT2D eigenvalue weighted by molar-refractivity contribution is -0.141. The molecule has 116 valence electrons. The van der Waals surface area contributed by atoms with Gasteiger partial charge >= 0.3 is 6.18 Å². The van der Waals surface area contributed by atoms with Gasteiger partial charge in [0.25, 0.3) is 11.8 Å². The van der Waals surface area contributed by atoms with Crippen molar-refractivity contribution in [1.82, 2.24) is 15.8 Å². The van der Waals surface area contributed by atoms with Crippen LogP contribution in [0.2, 0.25) is 0 Å². The molecule has 22 heavy (non-hydrogen) atoms. The number of hydrazine groups is 1. The monoisotopic (exact) mass is 329 g/mol. The summed E-state index contributed by atoms with van der Waals surface area (Å²) in [6.45, 7) is 1.34. The van der Waals surface area contributed by atoms with E-state index in [0.29, 0.717) is 10.9 Å². The molecule has 2 amide bonds. The van der Waals surface area contributed by atoms with E-state index in [2.05, 4.69) is 15.8 Å². The summed E-state index contributed by atoms with van der Waals surface area (Å²) in [5.74, 6) is -1.41. The van der Waals surface area contributed by atoms with Crippen molar-refractivity contribution in [3.63, 3.8) is 0 Å². The highest BCUT2D eigenvalue weighted by molar-refractivity contribution is 7.12. The van der Waals surface area contributed by atoms with E-state index in [1.807, 2.05) is 0 Å². The zero-order valence-corrected chi connectivity index (χ0v) is 12.0. The lowest BCUT2D eigenvalue weighted by atomic mass is 10.2. The summed E-state index contributed by atoms with van der Waals surface area (Å²) in [6, 6.07) is 5.02. The molecular formula is C13H10F3N3O2S. The van der Waals surface area contributed by atoms with E-state index in [0.717, 1.165) is 11.3 Å². The van der Waals surface area contributed by atoms with Gasteiger partial charge < -0.3 is 0 Å². The third-order valence-electron chi connectivity index (χ3n) is 2.54. The van der Waals surface area contributed by atoms with Crippen molar-refractivity contribution in [3.05, 3.63) is 51.5 Å². The molecule has 0 aliphatic carbocycles.